The number of rotatable bonds is 7. The largest absolute Gasteiger partial charge is 0.387 e. The maximum absolute atomic E-state index is 11.5. The fourth-order valence-corrected chi connectivity index (χ4v) is 3.22. The number of amides is 2. The average Bonchev–Trinajstić information content (AvgIpc) is 2.73. The monoisotopic (exact) mass is 274 g/mol. The van der Waals surface area contributed by atoms with Gasteiger partial charge in [-0.2, -0.15) is 11.8 Å². The maximum Gasteiger partial charge on any atom is 0.314 e. The Morgan fingerprint density at radius 3 is 2.78 bits per heavy atom. The van der Waals surface area contributed by atoms with Gasteiger partial charge in [-0.15, -0.1) is 0 Å². The van der Waals surface area contributed by atoms with E-state index in [0.717, 1.165) is 36.7 Å². The molecule has 1 aliphatic heterocycles. The van der Waals surface area contributed by atoms with E-state index >= 15 is 0 Å². The first-order valence-corrected chi connectivity index (χ1v) is 7.99. The highest BCUT2D eigenvalue weighted by molar-refractivity contribution is 7.99. The fraction of sp³-hybridized carbons (Fsp3) is 0.923. The summed E-state index contributed by atoms with van der Waals surface area (Å²) >= 11 is 1.74. The lowest BCUT2D eigenvalue weighted by atomic mass is 10.0. The molecule has 1 heterocycles. The molecule has 2 amide bonds. The Morgan fingerprint density at radius 2 is 2.17 bits per heavy atom. The number of hydrogen-bond donors (Lipinski definition) is 3. The minimum absolute atomic E-state index is 0.162. The van der Waals surface area contributed by atoms with E-state index in [9.17, 15) is 9.90 Å². The summed E-state index contributed by atoms with van der Waals surface area (Å²) in [6.45, 7) is 5.49. The molecule has 106 valence electrons. The zero-order valence-corrected chi connectivity index (χ0v) is 12.3. The number of aliphatic hydroxyl groups is 1. The molecule has 1 aliphatic rings. The van der Waals surface area contributed by atoms with Gasteiger partial charge in [-0.05, 0) is 24.5 Å². The minimum atomic E-state index is -0.695. The Kier molecular flexibility index (Phi) is 6.86. The van der Waals surface area contributed by atoms with E-state index < -0.39 is 5.60 Å². The number of nitrogens with one attached hydrogen (secondary N) is 2. The van der Waals surface area contributed by atoms with Gasteiger partial charge in [-0.3, -0.25) is 0 Å². The van der Waals surface area contributed by atoms with E-state index in [1.807, 2.05) is 0 Å². The molecule has 0 bridgehead atoms. The van der Waals surface area contributed by atoms with Crippen LogP contribution >= 0.6 is 11.8 Å². The van der Waals surface area contributed by atoms with Crippen molar-refractivity contribution in [2.24, 2.45) is 5.92 Å². The summed E-state index contributed by atoms with van der Waals surface area (Å²) in [5, 5.41) is 15.6. The smallest absolute Gasteiger partial charge is 0.314 e. The molecule has 1 rings (SSSR count). The van der Waals surface area contributed by atoms with Crippen molar-refractivity contribution in [2.45, 2.75) is 45.1 Å². The standard InChI is InChI=1S/C13H26N2O2S/c1-11(2)5-3-4-7-14-12(16)15-9-13(17)6-8-18-10-13/h11,17H,3-10H2,1-2H3,(H2,14,15,16). The molecule has 1 fully saturated rings. The average molecular weight is 274 g/mol. The molecule has 0 spiro atoms. The van der Waals surface area contributed by atoms with E-state index in [1.54, 1.807) is 11.8 Å². The minimum Gasteiger partial charge on any atom is -0.387 e. The van der Waals surface area contributed by atoms with Crippen LogP contribution in [0, 0.1) is 5.92 Å². The van der Waals surface area contributed by atoms with Gasteiger partial charge in [0, 0.05) is 18.8 Å². The summed E-state index contributed by atoms with van der Waals surface area (Å²) in [6.07, 6.45) is 4.15. The zero-order chi connectivity index (χ0) is 13.4. The van der Waals surface area contributed by atoms with Crippen molar-refractivity contribution in [1.29, 1.82) is 0 Å². The van der Waals surface area contributed by atoms with Gasteiger partial charge in [0.05, 0.1) is 5.60 Å². The number of carbonyl (C=O) groups is 1. The SMILES string of the molecule is CC(C)CCCCNC(=O)NCC1(O)CCSC1. The predicted octanol–water partition coefficient (Wildman–Crippen LogP) is 1.98. The lowest BCUT2D eigenvalue weighted by Crippen LogP contribution is -2.46. The van der Waals surface area contributed by atoms with E-state index in [0.29, 0.717) is 13.1 Å². The van der Waals surface area contributed by atoms with Crippen molar-refractivity contribution in [2.75, 3.05) is 24.6 Å². The highest BCUT2D eigenvalue weighted by atomic mass is 32.2. The molecule has 0 aromatic rings. The van der Waals surface area contributed by atoms with E-state index in [1.165, 1.54) is 6.42 Å². The fourth-order valence-electron chi connectivity index (χ4n) is 1.92. The first kappa shape index (κ1) is 15.6. The molecule has 1 saturated heterocycles. The van der Waals surface area contributed by atoms with Crippen molar-refractivity contribution in [1.82, 2.24) is 10.6 Å². The van der Waals surface area contributed by atoms with Gasteiger partial charge in [0.1, 0.15) is 0 Å². The molecular weight excluding hydrogens is 248 g/mol. The molecule has 5 heteroatoms. The summed E-state index contributed by atoms with van der Waals surface area (Å²) in [7, 11) is 0. The third-order valence-electron chi connectivity index (χ3n) is 3.15. The van der Waals surface area contributed by atoms with Gasteiger partial charge >= 0.3 is 6.03 Å². The van der Waals surface area contributed by atoms with Gasteiger partial charge in [-0.25, -0.2) is 4.79 Å². The maximum atomic E-state index is 11.5. The zero-order valence-electron chi connectivity index (χ0n) is 11.5. The molecule has 0 radical (unpaired) electrons. The van der Waals surface area contributed by atoms with Crippen LogP contribution in [0.5, 0.6) is 0 Å². The summed E-state index contributed by atoms with van der Waals surface area (Å²) in [5.74, 6) is 2.43. The van der Waals surface area contributed by atoms with Gasteiger partial charge in [-0.1, -0.05) is 26.7 Å². The van der Waals surface area contributed by atoms with Crippen LogP contribution < -0.4 is 10.6 Å². The predicted molar refractivity (Wildman–Crippen MR) is 77.0 cm³/mol. The van der Waals surface area contributed by atoms with Gasteiger partial charge in [0.2, 0.25) is 0 Å². The van der Waals surface area contributed by atoms with Crippen LogP contribution in [0.4, 0.5) is 4.79 Å². The summed E-state index contributed by atoms with van der Waals surface area (Å²) in [6, 6.07) is -0.162. The Balaban J connectivity index is 2.00. The number of carbonyl (C=O) groups excluding carboxylic acids is 1. The Morgan fingerprint density at radius 1 is 1.39 bits per heavy atom. The van der Waals surface area contributed by atoms with Crippen LogP contribution in [0.15, 0.2) is 0 Å². The van der Waals surface area contributed by atoms with Crippen LogP contribution in [0.25, 0.3) is 0 Å². The molecule has 4 nitrogen and oxygen atoms in total. The molecule has 0 aliphatic carbocycles. The Hall–Kier alpha value is -0.420. The van der Waals surface area contributed by atoms with Crippen LogP contribution in [-0.2, 0) is 0 Å². The van der Waals surface area contributed by atoms with Crippen LogP contribution in [0.1, 0.15) is 39.5 Å². The molecule has 18 heavy (non-hydrogen) atoms. The second-order valence-electron chi connectivity index (χ2n) is 5.53. The number of hydrogen-bond acceptors (Lipinski definition) is 3. The second kappa shape index (κ2) is 7.89. The van der Waals surface area contributed by atoms with Gasteiger partial charge < -0.3 is 15.7 Å². The summed E-state index contributed by atoms with van der Waals surface area (Å²) < 4.78 is 0. The lowest BCUT2D eigenvalue weighted by Gasteiger charge is -2.21. The first-order valence-electron chi connectivity index (χ1n) is 6.84. The molecule has 0 aromatic heterocycles. The highest BCUT2D eigenvalue weighted by Crippen LogP contribution is 2.26. The van der Waals surface area contributed by atoms with Crippen LogP contribution in [-0.4, -0.2) is 41.3 Å². The first-order chi connectivity index (χ1) is 8.52. The molecule has 0 saturated carbocycles. The lowest BCUT2D eigenvalue weighted by molar-refractivity contribution is 0.0700. The van der Waals surface area contributed by atoms with Gasteiger partial charge in [0.15, 0.2) is 0 Å². The normalized spacial score (nSPS) is 23.3. The van der Waals surface area contributed by atoms with Crippen molar-refractivity contribution >= 4 is 17.8 Å². The molecule has 1 unspecified atom stereocenters. The molecule has 3 N–H and O–H groups in total. The third-order valence-corrected chi connectivity index (χ3v) is 4.39. The number of unbranched alkanes of at least 4 members (excludes halogenated alkanes) is 1. The van der Waals surface area contributed by atoms with Crippen molar-refractivity contribution in [3.63, 3.8) is 0 Å². The third kappa shape index (κ3) is 6.50. The van der Waals surface area contributed by atoms with E-state index in [4.69, 9.17) is 0 Å². The topological polar surface area (TPSA) is 61.4 Å². The second-order valence-corrected chi connectivity index (χ2v) is 6.63. The molecule has 1 atom stereocenters. The van der Waals surface area contributed by atoms with Crippen LogP contribution in [0.2, 0.25) is 0 Å². The van der Waals surface area contributed by atoms with E-state index in [-0.39, 0.29) is 6.03 Å². The Bertz CT molecular complexity index is 253. The molecular formula is C13H26N2O2S. The highest BCUT2D eigenvalue weighted by Gasteiger charge is 2.31. The van der Waals surface area contributed by atoms with E-state index in [2.05, 4.69) is 24.5 Å². The Labute approximate surface area is 114 Å². The van der Waals surface area contributed by atoms with Crippen LogP contribution in [0.3, 0.4) is 0 Å². The van der Waals surface area contributed by atoms with Gasteiger partial charge in [0.25, 0.3) is 0 Å². The number of urea groups is 1. The molecule has 0 aromatic carbocycles. The van der Waals surface area contributed by atoms with Crippen molar-refractivity contribution in [3.05, 3.63) is 0 Å². The quantitative estimate of drug-likeness (QED) is 0.622. The van der Waals surface area contributed by atoms with Crippen molar-refractivity contribution < 1.29 is 9.90 Å². The van der Waals surface area contributed by atoms with Crippen molar-refractivity contribution in [3.8, 4) is 0 Å². The summed E-state index contributed by atoms with van der Waals surface area (Å²) in [5.41, 5.74) is -0.695. The number of thioether (sulfide) groups is 1. The summed E-state index contributed by atoms with van der Waals surface area (Å²) in [4.78, 5) is 11.5.